The topological polar surface area (TPSA) is 88.0 Å². The van der Waals surface area contributed by atoms with Gasteiger partial charge in [-0.3, -0.25) is 14.9 Å². The van der Waals surface area contributed by atoms with Gasteiger partial charge in [0, 0.05) is 49.9 Å². The number of anilines is 1. The number of likely N-dealkylation sites (tertiary alicyclic amines) is 2. The van der Waals surface area contributed by atoms with Crippen LogP contribution in [-0.4, -0.2) is 66.0 Å². The Morgan fingerprint density at radius 3 is 2.37 bits per heavy atom. The van der Waals surface area contributed by atoms with Crippen LogP contribution in [0.3, 0.4) is 0 Å². The van der Waals surface area contributed by atoms with E-state index in [2.05, 4.69) is 41.4 Å². The Morgan fingerprint density at radius 2 is 1.74 bits per heavy atom. The number of rotatable bonds is 10. The number of piperidine rings is 2. The third-order valence-corrected chi connectivity index (χ3v) is 7.73. The van der Waals surface area contributed by atoms with Crippen LogP contribution in [0.1, 0.15) is 63.0 Å². The summed E-state index contributed by atoms with van der Waals surface area (Å²) in [6, 6.07) is 14.1. The molecule has 206 valence electrons. The first kappa shape index (κ1) is 27.9. The monoisotopic (exact) mass is 522 g/mol. The number of aryl methyl sites for hydroxylation is 1. The van der Waals surface area contributed by atoms with Crippen LogP contribution < -0.4 is 10.1 Å². The molecule has 0 atom stereocenters. The summed E-state index contributed by atoms with van der Waals surface area (Å²) < 4.78 is 5.71. The quantitative estimate of drug-likeness (QED) is 0.322. The summed E-state index contributed by atoms with van der Waals surface area (Å²) >= 11 is 0. The minimum atomic E-state index is -0.407. The molecule has 0 aromatic heterocycles. The van der Waals surface area contributed by atoms with Crippen molar-refractivity contribution in [3.8, 4) is 5.75 Å². The third kappa shape index (κ3) is 7.69. The molecule has 0 aliphatic carbocycles. The van der Waals surface area contributed by atoms with E-state index in [0.29, 0.717) is 24.7 Å². The molecule has 0 radical (unpaired) electrons. The number of carbonyl (C=O) groups is 1. The van der Waals surface area contributed by atoms with Gasteiger partial charge in [0.05, 0.1) is 11.5 Å². The lowest BCUT2D eigenvalue weighted by Crippen LogP contribution is -2.43. The zero-order chi connectivity index (χ0) is 27.1. The number of amides is 1. The van der Waals surface area contributed by atoms with Crippen LogP contribution in [0.15, 0.2) is 42.5 Å². The molecule has 0 bridgehead atoms. The van der Waals surface area contributed by atoms with Crippen molar-refractivity contribution in [2.75, 3.05) is 44.6 Å². The Labute approximate surface area is 226 Å². The number of nitrogens with zero attached hydrogens (tertiary/aromatic N) is 3. The van der Waals surface area contributed by atoms with Crippen molar-refractivity contribution >= 4 is 17.3 Å². The highest BCUT2D eigenvalue weighted by Crippen LogP contribution is 2.32. The first-order valence-corrected chi connectivity index (χ1v) is 14.0. The standard InChI is InChI=1S/C30H42N4O4/c1-22(2)21-38-29-20-27(8-9-28(29)34(36)37)31-26-12-18-33(19-13-26)30(35)14-17-32-15-10-25(11-16-32)24-6-4-23(3)5-7-24/h4-9,20,22,25-26,31H,10-19,21H2,1-3H3. The molecule has 8 heteroatoms. The van der Waals surface area contributed by atoms with Gasteiger partial charge in [-0.1, -0.05) is 43.7 Å². The molecule has 0 spiro atoms. The maximum atomic E-state index is 12.9. The van der Waals surface area contributed by atoms with Crippen molar-refractivity contribution in [2.24, 2.45) is 5.92 Å². The van der Waals surface area contributed by atoms with Gasteiger partial charge in [0.1, 0.15) is 0 Å². The molecule has 0 saturated carbocycles. The fourth-order valence-corrected chi connectivity index (χ4v) is 5.38. The van der Waals surface area contributed by atoms with Crippen LogP contribution in [0, 0.1) is 23.0 Å². The van der Waals surface area contributed by atoms with Gasteiger partial charge in [0.25, 0.3) is 0 Å². The van der Waals surface area contributed by atoms with Crippen LogP contribution in [0.25, 0.3) is 0 Å². The van der Waals surface area contributed by atoms with Crippen LogP contribution in [-0.2, 0) is 4.79 Å². The normalized spacial score (nSPS) is 17.5. The summed E-state index contributed by atoms with van der Waals surface area (Å²) in [7, 11) is 0. The summed E-state index contributed by atoms with van der Waals surface area (Å²) in [6.07, 6.45) is 4.59. The van der Waals surface area contributed by atoms with Crippen molar-refractivity contribution in [1.29, 1.82) is 0 Å². The number of nitrogens with one attached hydrogen (secondary N) is 1. The second kappa shape index (κ2) is 13.1. The molecule has 38 heavy (non-hydrogen) atoms. The van der Waals surface area contributed by atoms with E-state index in [1.807, 2.05) is 18.7 Å². The fourth-order valence-electron chi connectivity index (χ4n) is 5.38. The van der Waals surface area contributed by atoms with Gasteiger partial charge in [-0.25, -0.2) is 0 Å². The third-order valence-electron chi connectivity index (χ3n) is 7.73. The van der Waals surface area contributed by atoms with Gasteiger partial charge in [-0.2, -0.15) is 0 Å². The molecular weight excluding hydrogens is 480 g/mol. The summed E-state index contributed by atoms with van der Waals surface area (Å²) in [6.45, 7) is 11.0. The van der Waals surface area contributed by atoms with Crippen molar-refractivity contribution in [3.63, 3.8) is 0 Å². The Balaban J connectivity index is 1.19. The van der Waals surface area contributed by atoms with E-state index in [0.717, 1.165) is 64.1 Å². The average molecular weight is 523 g/mol. The Morgan fingerprint density at radius 1 is 1.05 bits per heavy atom. The van der Waals surface area contributed by atoms with E-state index in [9.17, 15) is 14.9 Å². The van der Waals surface area contributed by atoms with E-state index in [4.69, 9.17) is 4.74 Å². The lowest BCUT2D eigenvalue weighted by atomic mass is 9.89. The van der Waals surface area contributed by atoms with Gasteiger partial charge in [0.15, 0.2) is 5.75 Å². The molecule has 2 aliphatic rings. The van der Waals surface area contributed by atoms with Crippen LogP contribution in [0.5, 0.6) is 5.75 Å². The largest absolute Gasteiger partial charge is 0.486 e. The van der Waals surface area contributed by atoms with Gasteiger partial charge in [0.2, 0.25) is 5.91 Å². The highest BCUT2D eigenvalue weighted by molar-refractivity contribution is 5.76. The minimum Gasteiger partial charge on any atom is -0.486 e. The van der Waals surface area contributed by atoms with Crippen molar-refractivity contribution in [2.45, 2.75) is 64.8 Å². The predicted octanol–water partition coefficient (Wildman–Crippen LogP) is 5.61. The molecule has 2 saturated heterocycles. The van der Waals surface area contributed by atoms with E-state index in [1.165, 1.54) is 17.2 Å². The SMILES string of the molecule is Cc1ccc(C2CCN(CCC(=O)N3CCC(Nc4ccc([N+](=O)[O-])c(OCC(C)C)c4)CC3)CC2)cc1. The van der Waals surface area contributed by atoms with Crippen molar-refractivity contribution < 1.29 is 14.5 Å². The molecule has 2 heterocycles. The molecule has 8 nitrogen and oxygen atoms in total. The summed E-state index contributed by atoms with van der Waals surface area (Å²) in [5, 5.41) is 14.9. The minimum absolute atomic E-state index is 0.0176. The number of hydrogen-bond acceptors (Lipinski definition) is 6. The predicted molar refractivity (Wildman–Crippen MR) is 151 cm³/mol. The Bertz CT molecular complexity index is 1070. The summed E-state index contributed by atoms with van der Waals surface area (Å²) in [5.41, 5.74) is 3.54. The lowest BCUT2D eigenvalue weighted by molar-refractivity contribution is -0.385. The van der Waals surface area contributed by atoms with Gasteiger partial charge >= 0.3 is 5.69 Å². The maximum Gasteiger partial charge on any atom is 0.311 e. The number of carbonyl (C=O) groups excluding carboxylic acids is 1. The lowest BCUT2D eigenvalue weighted by Gasteiger charge is -2.35. The number of ether oxygens (including phenoxy) is 1. The van der Waals surface area contributed by atoms with E-state index < -0.39 is 4.92 Å². The second-order valence-electron chi connectivity index (χ2n) is 11.2. The van der Waals surface area contributed by atoms with Gasteiger partial charge in [-0.05, 0) is 69.2 Å². The maximum absolute atomic E-state index is 12.9. The number of nitro benzene ring substituents is 1. The number of benzene rings is 2. The van der Waals surface area contributed by atoms with Gasteiger partial charge in [-0.15, -0.1) is 0 Å². The molecule has 2 aromatic carbocycles. The Kier molecular flexibility index (Phi) is 9.61. The molecule has 1 N–H and O–H groups in total. The highest BCUT2D eigenvalue weighted by Gasteiger charge is 2.25. The summed E-state index contributed by atoms with van der Waals surface area (Å²) in [5.74, 6) is 1.44. The van der Waals surface area contributed by atoms with Crippen molar-refractivity contribution in [3.05, 3.63) is 63.7 Å². The molecule has 1 amide bonds. The first-order chi connectivity index (χ1) is 18.3. The van der Waals surface area contributed by atoms with E-state index in [1.54, 1.807) is 12.1 Å². The van der Waals surface area contributed by atoms with Crippen LogP contribution in [0.4, 0.5) is 11.4 Å². The first-order valence-electron chi connectivity index (χ1n) is 14.0. The molecule has 0 unspecified atom stereocenters. The zero-order valence-electron chi connectivity index (χ0n) is 23.0. The fraction of sp³-hybridized carbons (Fsp3) is 0.567. The van der Waals surface area contributed by atoms with Crippen LogP contribution in [0.2, 0.25) is 0 Å². The van der Waals surface area contributed by atoms with Crippen LogP contribution >= 0.6 is 0 Å². The average Bonchev–Trinajstić information content (AvgIpc) is 2.91. The van der Waals surface area contributed by atoms with E-state index in [-0.39, 0.29) is 23.6 Å². The number of nitro groups is 1. The Hall–Kier alpha value is -3.13. The molecule has 2 aliphatic heterocycles. The molecule has 4 rings (SSSR count). The molecule has 2 aromatic rings. The van der Waals surface area contributed by atoms with Crippen molar-refractivity contribution in [1.82, 2.24) is 9.80 Å². The number of hydrogen-bond donors (Lipinski definition) is 1. The summed E-state index contributed by atoms with van der Waals surface area (Å²) in [4.78, 5) is 28.3. The zero-order valence-corrected chi connectivity index (χ0v) is 23.0. The smallest absolute Gasteiger partial charge is 0.311 e. The highest BCUT2D eigenvalue weighted by atomic mass is 16.6. The van der Waals surface area contributed by atoms with Gasteiger partial charge < -0.3 is 19.9 Å². The second-order valence-corrected chi connectivity index (χ2v) is 11.2. The van der Waals surface area contributed by atoms with E-state index >= 15 is 0 Å². The molecular formula is C30H42N4O4. The molecule has 2 fully saturated rings.